The molecule has 0 unspecified atom stereocenters. The van der Waals surface area contributed by atoms with Crippen LogP contribution < -0.4 is 5.32 Å². The van der Waals surface area contributed by atoms with E-state index in [4.69, 9.17) is 0 Å². The summed E-state index contributed by atoms with van der Waals surface area (Å²) in [6.07, 6.45) is 4.82. The highest BCUT2D eigenvalue weighted by Crippen LogP contribution is 2.29. The van der Waals surface area contributed by atoms with E-state index in [0.29, 0.717) is 30.3 Å². The number of rotatable bonds is 4. The van der Waals surface area contributed by atoms with Crippen LogP contribution in [-0.4, -0.2) is 61.0 Å². The summed E-state index contributed by atoms with van der Waals surface area (Å²) < 4.78 is 0.859. The number of hydrogen-bond donors (Lipinski definition) is 2. The van der Waals surface area contributed by atoms with Crippen molar-refractivity contribution in [2.75, 3.05) is 18.4 Å². The van der Waals surface area contributed by atoms with Gasteiger partial charge in [-0.1, -0.05) is 0 Å². The second-order valence-corrected chi connectivity index (χ2v) is 7.43. The first-order valence-corrected chi connectivity index (χ1v) is 9.71. The van der Waals surface area contributed by atoms with Gasteiger partial charge in [0.15, 0.2) is 11.5 Å². The Balaban J connectivity index is 1.64. The Bertz CT molecular complexity index is 1040. The van der Waals surface area contributed by atoms with Crippen LogP contribution >= 0.6 is 11.3 Å². The van der Waals surface area contributed by atoms with Crippen LogP contribution in [0.4, 0.5) is 5.82 Å². The Hall–Kier alpha value is -3.14. The molecule has 9 nitrogen and oxygen atoms in total. The largest absolute Gasteiger partial charge is 0.477 e. The van der Waals surface area contributed by atoms with Crippen LogP contribution in [0.5, 0.6) is 0 Å². The first-order chi connectivity index (χ1) is 13.5. The summed E-state index contributed by atoms with van der Waals surface area (Å²) in [5.74, 6) is -0.306. The second-order valence-electron chi connectivity index (χ2n) is 6.58. The summed E-state index contributed by atoms with van der Waals surface area (Å²) in [5.41, 5.74) is 2.99. The number of anilines is 1. The summed E-state index contributed by atoms with van der Waals surface area (Å²) in [6.45, 7) is 2.90. The van der Waals surface area contributed by atoms with Gasteiger partial charge in [0.1, 0.15) is 11.3 Å². The van der Waals surface area contributed by atoms with E-state index in [9.17, 15) is 14.7 Å². The number of fused-ring (bicyclic) bond motifs is 1. The lowest BCUT2D eigenvalue weighted by Gasteiger charge is -2.32. The Morgan fingerprint density at radius 1 is 1.25 bits per heavy atom. The molecule has 4 rings (SSSR count). The van der Waals surface area contributed by atoms with E-state index in [-0.39, 0.29) is 17.6 Å². The molecule has 2 N–H and O–H groups in total. The van der Waals surface area contributed by atoms with Gasteiger partial charge in [-0.2, -0.15) is 0 Å². The summed E-state index contributed by atoms with van der Waals surface area (Å²) in [6, 6.07) is 1.54. The van der Waals surface area contributed by atoms with E-state index in [1.807, 2.05) is 4.90 Å². The van der Waals surface area contributed by atoms with Crippen molar-refractivity contribution in [3.05, 3.63) is 29.7 Å². The van der Waals surface area contributed by atoms with E-state index in [0.717, 1.165) is 23.1 Å². The van der Waals surface area contributed by atoms with Gasteiger partial charge in [-0.05, 0) is 12.8 Å². The lowest BCUT2D eigenvalue weighted by molar-refractivity contribution is -0.129. The number of hydrogen-bond acceptors (Lipinski definition) is 8. The van der Waals surface area contributed by atoms with Crippen LogP contribution in [0.2, 0.25) is 0 Å². The fourth-order valence-electron chi connectivity index (χ4n) is 3.25. The molecule has 0 saturated carbocycles. The number of nitrogens with one attached hydrogen (secondary N) is 1. The van der Waals surface area contributed by atoms with Crippen LogP contribution in [0.3, 0.4) is 0 Å². The molecule has 3 aromatic rings. The van der Waals surface area contributed by atoms with Crippen LogP contribution in [0, 0.1) is 0 Å². The van der Waals surface area contributed by atoms with Gasteiger partial charge in [-0.25, -0.2) is 19.7 Å². The lowest BCUT2D eigenvalue weighted by Crippen LogP contribution is -2.41. The minimum atomic E-state index is -1.12. The third kappa shape index (κ3) is 3.63. The number of thiazole rings is 1. The first kappa shape index (κ1) is 18.2. The SMILES string of the molecule is CC(=O)N1CCC(Nc2cc(C(=O)O)nc(-c3cncc4ncsc34)n2)CC1. The molecule has 1 aliphatic heterocycles. The van der Waals surface area contributed by atoms with Gasteiger partial charge in [0.25, 0.3) is 0 Å². The second kappa shape index (κ2) is 7.47. The molecule has 0 radical (unpaired) electrons. The molecule has 1 saturated heterocycles. The molecule has 144 valence electrons. The molecule has 0 atom stereocenters. The highest BCUT2D eigenvalue weighted by molar-refractivity contribution is 7.17. The summed E-state index contributed by atoms with van der Waals surface area (Å²) in [4.78, 5) is 42.0. The molecule has 3 aromatic heterocycles. The molecule has 0 aliphatic carbocycles. The van der Waals surface area contributed by atoms with Crippen molar-refractivity contribution in [1.82, 2.24) is 24.8 Å². The van der Waals surface area contributed by atoms with Gasteiger partial charge in [-0.15, -0.1) is 11.3 Å². The number of pyridine rings is 1. The molecule has 4 heterocycles. The summed E-state index contributed by atoms with van der Waals surface area (Å²) in [7, 11) is 0. The van der Waals surface area contributed by atoms with E-state index in [1.54, 1.807) is 24.8 Å². The first-order valence-electron chi connectivity index (χ1n) is 8.83. The van der Waals surface area contributed by atoms with Crippen molar-refractivity contribution < 1.29 is 14.7 Å². The highest BCUT2D eigenvalue weighted by atomic mass is 32.1. The maximum Gasteiger partial charge on any atom is 0.354 e. The van der Waals surface area contributed by atoms with Crippen molar-refractivity contribution in [3.8, 4) is 11.4 Å². The number of aromatic nitrogens is 4. The maximum absolute atomic E-state index is 11.6. The smallest absolute Gasteiger partial charge is 0.354 e. The lowest BCUT2D eigenvalue weighted by atomic mass is 10.1. The monoisotopic (exact) mass is 398 g/mol. The molecule has 10 heteroatoms. The van der Waals surface area contributed by atoms with Gasteiger partial charge in [0, 0.05) is 38.3 Å². The Morgan fingerprint density at radius 3 is 2.75 bits per heavy atom. The van der Waals surface area contributed by atoms with E-state index in [2.05, 4.69) is 25.3 Å². The van der Waals surface area contributed by atoms with E-state index < -0.39 is 5.97 Å². The number of carboxylic acid groups (broad SMARTS) is 1. The van der Waals surface area contributed by atoms with Gasteiger partial charge in [-0.3, -0.25) is 9.78 Å². The molecule has 0 spiro atoms. The predicted octanol–water partition coefficient (Wildman–Crippen LogP) is 2.27. The van der Waals surface area contributed by atoms with E-state index >= 15 is 0 Å². The third-order valence-corrected chi connectivity index (χ3v) is 5.59. The minimum absolute atomic E-state index is 0.0705. The Kier molecular flexibility index (Phi) is 4.86. The molecule has 1 aliphatic rings. The van der Waals surface area contributed by atoms with E-state index in [1.165, 1.54) is 17.4 Å². The van der Waals surface area contributed by atoms with Crippen LogP contribution in [0.15, 0.2) is 24.0 Å². The molecule has 0 bridgehead atoms. The van der Waals surface area contributed by atoms with Crippen molar-refractivity contribution in [3.63, 3.8) is 0 Å². The zero-order valence-corrected chi connectivity index (χ0v) is 15.9. The van der Waals surface area contributed by atoms with Crippen molar-refractivity contribution >= 4 is 39.2 Å². The fraction of sp³-hybridized carbons (Fsp3) is 0.333. The Morgan fingerprint density at radius 2 is 2.04 bits per heavy atom. The fourth-order valence-corrected chi connectivity index (χ4v) is 4.02. The van der Waals surface area contributed by atoms with Crippen molar-refractivity contribution in [2.45, 2.75) is 25.8 Å². The normalized spacial score (nSPS) is 15.0. The number of aromatic carboxylic acids is 1. The Labute approximate surface area is 164 Å². The standard InChI is InChI=1S/C18H18N6O3S/c1-10(25)24-4-2-11(3-5-24)21-15-6-13(18(26)27)22-17(23-15)12-7-19-8-14-16(12)28-9-20-14/h6-9,11H,2-5H2,1H3,(H,26,27)(H,21,22,23). The average molecular weight is 398 g/mol. The highest BCUT2D eigenvalue weighted by Gasteiger charge is 2.22. The third-order valence-electron chi connectivity index (χ3n) is 4.72. The zero-order valence-electron chi connectivity index (χ0n) is 15.1. The van der Waals surface area contributed by atoms with Crippen molar-refractivity contribution in [2.24, 2.45) is 0 Å². The molecule has 0 aromatic carbocycles. The zero-order chi connectivity index (χ0) is 19.7. The van der Waals surface area contributed by atoms with Gasteiger partial charge >= 0.3 is 5.97 Å². The van der Waals surface area contributed by atoms with Crippen LogP contribution in [0.1, 0.15) is 30.3 Å². The van der Waals surface area contributed by atoms with Crippen LogP contribution in [-0.2, 0) is 4.79 Å². The summed E-state index contributed by atoms with van der Waals surface area (Å²) >= 11 is 1.43. The number of likely N-dealkylation sites (tertiary alicyclic amines) is 1. The molecular formula is C18H18N6O3S. The topological polar surface area (TPSA) is 121 Å². The van der Waals surface area contributed by atoms with Gasteiger partial charge in [0.05, 0.1) is 22.0 Å². The number of piperidine rings is 1. The molecule has 28 heavy (non-hydrogen) atoms. The number of nitrogens with zero attached hydrogens (tertiary/aromatic N) is 5. The minimum Gasteiger partial charge on any atom is -0.477 e. The van der Waals surface area contributed by atoms with Crippen LogP contribution in [0.25, 0.3) is 21.6 Å². The van der Waals surface area contributed by atoms with Gasteiger partial charge in [0.2, 0.25) is 5.91 Å². The van der Waals surface area contributed by atoms with Gasteiger partial charge < -0.3 is 15.3 Å². The molecular weight excluding hydrogens is 380 g/mol. The van der Waals surface area contributed by atoms with Crippen molar-refractivity contribution in [1.29, 1.82) is 0 Å². The maximum atomic E-state index is 11.6. The number of carbonyl (C=O) groups is 2. The number of carboxylic acids is 1. The number of carbonyl (C=O) groups excluding carboxylic acids is 1. The molecule has 1 amide bonds. The number of amides is 1. The molecule has 1 fully saturated rings. The predicted molar refractivity (Wildman–Crippen MR) is 104 cm³/mol. The average Bonchev–Trinajstić information content (AvgIpc) is 3.17. The quantitative estimate of drug-likeness (QED) is 0.686. The summed E-state index contributed by atoms with van der Waals surface area (Å²) in [5, 5.41) is 12.8.